The summed E-state index contributed by atoms with van der Waals surface area (Å²) in [6.45, 7) is -1.24. The van der Waals surface area contributed by atoms with Gasteiger partial charge in [0.1, 0.15) is 6.54 Å². The number of hydrogen-bond acceptors (Lipinski definition) is 2. The Labute approximate surface area is 79.0 Å². The molecule has 14 heavy (non-hydrogen) atoms. The Morgan fingerprint density at radius 1 is 1.43 bits per heavy atom. The third-order valence-electron chi connectivity index (χ3n) is 2.66. The fraction of sp³-hybridized carbons (Fsp3) is 0.875. The van der Waals surface area contributed by atoms with Crippen LogP contribution in [0.3, 0.4) is 0 Å². The molecule has 1 heterocycles. The number of fused-ring (bicyclic) bond motifs is 1. The van der Waals surface area contributed by atoms with Gasteiger partial charge in [0.25, 0.3) is 0 Å². The zero-order chi connectivity index (χ0) is 10.3. The van der Waals surface area contributed by atoms with E-state index in [1.807, 2.05) is 5.32 Å². The maximum absolute atomic E-state index is 11.8. The van der Waals surface area contributed by atoms with Crippen molar-refractivity contribution in [2.75, 3.05) is 6.54 Å². The Morgan fingerprint density at radius 3 is 2.64 bits per heavy atom. The number of piperidine rings is 1. The maximum Gasteiger partial charge on any atom is 0.405 e. The summed E-state index contributed by atoms with van der Waals surface area (Å²) in [7, 11) is 0. The highest BCUT2D eigenvalue weighted by Crippen LogP contribution is 2.40. The number of hydrogen-bond donors (Lipinski definition) is 2. The van der Waals surface area contributed by atoms with Gasteiger partial charge < -0.3 is 10.6 Å². The molecule has 0 bridgehead atoms. The summed E-state index contributed by atoms with van der Waals surface area (Å²) in [5, 5.41) is 4.86. The van der Waals surface area contributed by atoms with Crippen molar-refractivity contribution >= 4 is 5.91 Å². The van der Waals surface area contributed by atoms with Crippen LogP contribution < -0.4 is 10.6 Å². The molecule has 0 aromatic heterocycles. The van der Waals surface area contributed by atoms with E-state index in [9.17, 15) is 18.0 Å². The number of halogens is 3. The molecule has 1 aliphatic carbocycles. The second-order valence-corrected chi connectivity index (χ2v) is 3.89. The van der Waals surface area contributed by atoms with E-state index in [1.54, 1.807) is 0 Å². The monoisotopic (exact) mass is 208 g/mol. The Morgan fingerprint density at radius 2 is 2.14 bits per heavy atom. The second-order valence-electron chi connectivity index (χ2n) is 3.89. The molecule has 0 radical (unpaired) electrons. The standard InChI is InChI=1S/C8H11F3N2O/c9-8(10,11)3-12-7(14)6-2-4-1-5(4)13-6/h4-6,13H,1-3H2,(H,12,14)/t4-,5-,6-/m0/s1. The van der Waals surface area contributed by atoms with Crippen molar-refractivity contribution in [2.24, 2.45) is 5.92 Å². The van der Waals surface area contributed by atoms with E-state index in [-0.39, 0.29) is 0 Å². The molecule has 3 atom stereocenters. The van der Waals surface area contributed by atoms with E-state index < -0.39 is 24.7 Å². The van der Waals surface area contributed by atoms with E-state index in [0.29, 0.717) is 18.4 Å². The molecule has 2 aliphatic rings. The first-order valence-corrected chi connectivity index (χ1v) is 4.56. The lowest BCUT2D eigenvalue weighted by Crippen LogP contribution is -2.45. The molecular formula is C8H11F3N2O. The quantitative estimate of drug-likeness (QED) is 0.690. The fourth-order valence-electron chi connectivity index (χ4n) is 1.83. The highest BCUT2D eigenvalue weighted by molar-refractivity contribution is 5.82. The molecule has 1 aliphatic heterocycles. The minimum absolute atomic E-state index is 0.372. The van der Waals surface area contributed by atoms with E-state index in [4.69, 9.17) is 0 Å². The van der Waals surface area contributed by atoms with E-state index in [0.717, 1.165) is 6.42 Å². The van der Waals surface area contributed by atoms with Crippen molar-refractivity contribution in [2.45, 2.75) is 31.1 Å². The molecule has 1 saturated carbocycles. The van der Waals surface area contributed by atoms with Crippen molar-refractivity contribution in [3.63, 3.8) is 0 Å². The Balaban J connectivity index is 1.73. The summed E-state index contributed by atoms with van der Waals surface area (Å²) in [6.07, 6.45) is -2.59. The number of alkyl halides is 3. The van der Waals surface area contributed by atoms with Gasteiger partial charge in [0.05, 0.1) is 6.04 Å². The SMILES string of the molecule is O=C(NCC(F)(F)F)[C@@H]1C[C@@H]2C[C@@H]2N1. The first kappa shape index (κ1) is 9.76. The zero-order valence-corrected chi connectivity index (χ0v) is 7.40. The van der Waals surface area contributed by atoms with Crippen molar-refractivity contribution < 1.29 is 18.0 Å². The van der Waals surface area contributed by atoms with Crippen molar-refractivity contribution in [3.05, 3.63) is 0 Å². The highest BCUT2D eigenvalue weighted by atomic mass is 19.4. The summed E-state index contributed by atoms with van der Waals surface area (Å²) in [6, 6.07) is -0.0438. The smallest absolute Gasteiger partial charge is 0.346 e. The fourth-order valence-corrected chi connectivity index (χ4v) is 1.83. The van der Waals surface area contributed by atoms with Crippen LogP contribution in [-0.2, 0) is 4.79 Å². The Hall–Kier alpha value is -0.780. The summed E-state index contributed by atoms with van der Waals surface area (Å²) in [5.74, 6) is -0.0221. The Kier molecular flexibility index (Phi) is 2.17. The van der Waals surface area contributed by atoms with Crippen LogP contribution in [0.2, 0.25) is 0 Å². The van der Waals surface area contributed by atoms with Crippen molar-refractivity contribution in [1.29, 1.82) is 0 Å². The Bertz CT molecular complexity index is 243. The number of rotatable bonds is 2. The van der Waals surface area contributed by atoms with Gasteiger partial charge in [-0.2, -0.15) is 13.2 Å². The largest absolute Gasteiger partial charge is 0.405 e. The first-order valence-electron chi connectivity index (χ1n) is 4.56. The number of carbonyl (C=O) groups excluding carboxylic acids is 1. The third kappa shape index (κ3) is 2.17. The molecule has 1 saturated heterocycles. The lowest BCUT2D eigenvalue weighted by Gasteiger charge is -2.14. The van der Waals surface area contributed by atoms with Gasteiger partial charge in [-0.3, -0.25) is 4.79 Å². The minimum atomic E-state index is -4.32. The van der Waals surface area contributed by atoms with Crippen molar-refractivity contribution in [3.8, 4) is 0 Å². The molecule has 0 aromatic rings. The molecule has 1 amide bonds. The maximum atomic E-state index is 11.8. The van der Waals surface area contributed by atoms with Crippen LogP contribution in [0.25, 0.3) is 0 Å². The molecule has 0 unspecified atom stereocenters. The highest BCUT2D eigenvalue weighted by Gasteiger charge is 2.48. The molecule has 3 nitrogen and oxygen atoms in total. The van der Waals surface area contributed by atoms with E-state index in [1.165, 1.54) is 0 Å². The van der Waals surface area contributed by atoms with E-state index in [2.05, 4.69) is 5.32 Å². The molecule has 2 rings (SSSR count). The van der Waals surface area contributed by atoms with Crippen LogP contribution in [0.15, 0.2) is 0 Å². The lowest BCUT2D eigenvalue weighted by atomic mass is 10.2. The van der Waals surface area contributed by atoms with Crippen LogP contribution >= 0.6 is 0 Å². The summed E-state index contributed by atoms with van der Waals surface area (Å²) >= 11 is 0. The van der Waals surface area contributed by atoms with Gasteiger partial charge >= 0.3 is 6.18 Å². The van der Waals surface area contributed by atoms with Gasteiger partial charge in [0.2, 0.25) is 5.91 Å². The van der Waals surface area contributed by atoms with Gasteiger partial charge in [-0.25, -0.2) is 0 Å². The molecule has 80 valence electrons. The van der Waals surface area contributed by atoms with E-state index >= 15 is 0 Å². The molecule has 0 spiro atoms. The molecular weight excluding hydrogens is 197 g/mol. The van der Waals surface area contributed by atoms with Crippen LogP contribution in [-0.4, -0.2) is 30.7 Å². The zero-order valence-electron chi connectivity index (χ0n) is 7.40. The van der Waals surface area contributed by atoms with Gasteiger partial charge in [-0.1, -0.05) is 0 Å². The average molecular weight is 208 g/mol. The summed E-state index contributed by atoms with van der Waals surface area (Å²) in [4.78, 5) is 11.2. The average Bonchev–Trinajstić information content (AvgIpc) is 2.68. The molecule has 6 heteroatoms. The van der Waals surface area contributed by atoms with Gasteiger partial charge in [-0.15, -0.1) is 0 Å². The molecule has 2 fully saturated rings. The molecule has 2 N–H and O–H groups in total. The minimum Gasteiger partial charge on any atom is -0.346 e. The first-order chi connectivity index (χ1) is 6.46. The third-order valence-corrected chi connectivity index (χ3v) is 2.66. The van der Waals surface area contributed by atoms with Gasteiger partial charge in [0.15, 0.2) is 0 Å². The van der Waals surface area contributed by atoms with Crippen LogP contribution in [0.5, 0.6) is 0 Å². The van der Waals surface area contributed by atoms with Gasteiger partial charge in [-0.05, 0) is 18.8 Å². The van der Waals surface area contributed by atoms with Crippen molar-refractivity contribution in [1.82, 2.24) is 10.6 Å². The molecule has 0 aromatic carbocycles. The van der Waals surface area contributed by atoms with Crippen LogP contribution in [0.1, 0.15) is 12.8 Å². The number of amides is 1. The van der Waals surface area contributed by atoms with Crippen LogP contribution in [0.4, 0.5) is 13.2 Å². The lowest BCUT2D eigenvalue weighted by molar-refractivity contribution is -0.139. The van der Waals surface area contributed by atoms with Crippen LogP contribution in [0, 0.1) is 5.92 Å². The normalized spacial score (nSPS) is 35.2. The summed E-state index contributed by atoms with van der Waals surface area (Å²) in [5.41, 5.74) is 0. The topological polar surface area (TPSA) is 41.1 Å². The second kappa shape index (κ2) is 3.12. The predicted molar refractivity (Wildman–Crippen MR) is 42.5 cm³/mol. The van der Waals surface area contributed by atoms with Gasteiger partial charge in [0, 0.05) is 6.04 Å². The summed E-state index contributed by atoms with van der Waals surface area (Å²) < 4.78 is 35.3. The number of nitrogens with one attached hydrogen (secondary N) is 2. The number of carbonyl (C=O) groups is 1. The predicted octanol–water partition coefficient (Wildman–Crippen LogP) is 0.415.